The van der Waals surface area contributed by atoms with Gasteiger partial charge < -0.3 is 15.0 Å². The molecule has 0 bridgehead atoms. The zero-order chi connectivity index (χ0) is 17.1. The first kappa shape index (κ1) is 16.0. The van der Waals surface area contributed by atoms with Gasteiger partial charge in [0.25, 0.3) is 5.91 Å². The summed E-state index contributed by atoms with van der Waals surface area (Å²) in [6.07, 6.45) is 4.11. The Labute approximate surface area is 140 Å². The van der Waals surface area contributed by atoms with Crippen molar-refractivity contribution in [3.63, 3.8) is 0 Å². The summed E-state index contributed by atoms with van der Waals surface area (Å²) in [6.45, 7) is 0.715. The summed E-state index contributed by atoms with van der Waals surface area (Å²) in [6, 6.07) is 7.31. The van der Waals surface area contributed by atoms with E-state index in [1.165, 1.54) is 11.8 Å². The molecule has 7 heteroatoms. The third kappa shape index (κ3) is 3.24. The Kier molecular flexibility index (Phi) is 4.50. The molecule has 2 aromatic rings. The quantitative estimate of drug-likeness (QED) is 0.933. The zero-order valence-corrected chi connectivity index (χ0v) is 13.8. The van der Waals surface area contributed by atoms with Crippen molar-refractivity contribution in [1.29, 1.82) is 0 Å². The van der Waals surface area contributed by atoms with Crippen LogP contribution >= 0.6 is 0 Å². The largest absolute Gasteiger partial charge is 0.479 e. The monoisotopic (exact) mass is 328 g/mol. The van der Waals surface area contributed by atoms with Gasteiger partial charge >= 0.3 is 0 Å². The van der Waals surface area contributed by atoms with Gasteiger partial charge in [0.1, 0.15) is 5.56 Å². The van der Waals surface area contributed by atoms with Crippen molar-refractivity contribution in [2.45, 2.75) is 19.3 Å². The number of anilines is 2. The van der Waals surface area contributed by atoms with Gasteiger partial charge in [-0.3, -0.25) is 14.3 Å². The lowest BCUT2D eigenvalue weighted by Crippen LogP contribution is -2.35. The molecule has 1 aliphatic heterocycles. The number of nitrogens with zero attached hydrogens (tertiary/aromatic N) is 3. The van der Waals surface area contributed by atoms with Gasteiger partial charge in [-0.25, -0.2) is 0 Å². The molecule has 0 spiro atoms. The molecule has 7 nitrogen and oxygen atoms in total. The number of hydrogen-bond acceptors (Lipinski definition) is 4. The summed E-state index contributed by atoms with van der Waals surface area (Å²) in [7, 11) is 3.20. The number of aryl methyl sites for hydroxylation is 1. The van der Waals surface area contributed by atoms with E-state index in [0.29, 0.717) is 24.2 Å². The SMILES string of the molecule is COc1nn(C)cc1C(=O)Nc1cccc(N2CCCCC2=O)c1. The predicted molar refractivity (Wildman–Crippen MR) is 90.4 cm³/mol. The second-order valence-corrected chi connectivity index (χ2v) is 5.73. The van der Waals surface area contributed by atoms with Gasteiger partial charge in [0.05, 0.1) is 7.11 Å². The molecule has 1 aromatic heterocycles. The number of hydrogen-bond donors (Lipinski definition) is 1. The zero-order valence-electron chi connectivity index (χ0n) is 13.8. The van der Waals surface area contributed by atoms with Gasteiger partial charge in [-0.1, -0.05) is 6.07 Å². The summed E-state index contributed by atoms with van der Waals surface area (Å²) in [5.74, 6) is 0.0955. The highest BCUT2D eigenvalue weighted by molar-refractivity contribution is 6.06. The van der Waals surface area contributed by atoms with E-state index >= 15 is 0 Å². The van der Waals surface area contributed by atoms with E-state index in [4.69, 9.17) is 4.74 Å². The van der Waals surface area contributed by atoms with E-state index in [9.17, 15) is 9.59 Å². The molecule has 1 aliphatic rings. The number of amides is 2. The van der Waals surface area contributed by atoms with E-state index in [1.807, 2.05) is 18.2 Å². The third-order valence-corrected chi connectivity index (χ3v) is 3.97. The molecule has 0 saturated carbocycles. The highest BCUT2D eigenvalue weighted by Crippen LogP contribution is 2.25. The molecule has 3 rings (SSSR count). The Balaban J connectivity index is 1.79. The second kappa shape index (κ2) is 6.74. The molecule has 1 saturated heterocycles. The molecule has 0 aliphatic carbocycles. The third-order valence-electron chi connectivity index (χ3n) is 3.97. The van der Waals surface area contributed by atoms with Crippen LogP contribution in [0, 0.1) is 0 Å². The van der Waals surface area contributed by atoms with Gasteiger partial charge in [0, 0.05) is 37.6 Å². The summed E-state index contributed by atoms with van der Waals surface area (Å²) in [5, 5.41) is 6.90. The van der Waals surface area contributed by atoms with Crippen LogP contribution in [0.2, 0.25) is 0 Å². The Hall–Kier alpha value is -2.83. The number of piperidine rings is 1. The van der Waals surface area contributed by atoms with E-state index in [2.05, 4.69) is 10.4 Å². The Morgan fingerprint density at radius 2 is 2.17 bits per heavy atom. The summed E-state index contributed by atoms with van der Waals surface area (Å²) < 4.78 is 6.64. The lowest BCUT2D eigenvalue weighted by Gasteiger charge is -2.27. The van der Waals surface area contributed by atoms with Crippen molar-refractivity contribution in [3.05, 3.63) is 36.0 Å². The number of benzene rings is 1. The fraction of sp³-hybridized carbons (Fsp3) is 0.353. The molecule has 2 amide bonds. The van der Waals surface area contributed by atoms with Crippen molar-refractivity contribution < 1.29 is 14.3 Å². The molecular formula is C17H20N4O3. The van der Waals surface area contributed by atoms with Crippen LogP contribution in [0.3, 0.4) is 0 Å². The molecule has 0 radical (unpaired) electrons. The first-order valence-electron chi connectivity index (χ1n) is 7.88. The topological polar surface area (TPSA) is 76.5 Å². The van der Waals surface area contributed by atoms with Crippen molar-refractivity contribution in [3.8, 4) is 5.88 Å². The number of carbonyl (C=O) groups excluding carboxylic acids is 2. The number of aromatic nitrogens is 2. The van der Waals surface area contributed by atoms with Crippen LogP contribution in [0.4, 0.5) is 11.4 Å². The molecule has 0 unspecified atom stereocenters. The average Bonchev–Trinajstić information content (AvgIpc) is 2.97. The number of rotatable bonds is 4. The molecule has 2 heterocycles. The van der Waals surface area contributed by atoms with Crippen LogP contribution in [0.25, 0.3) is 0 Å². The fourth-order valence-corrected chi connectivity index (χ4v) is 2.80. The Bertz CT molecular complexity index is 769. The minimum absolute atomic E-state index is 0.124. The minimum Gasteiger partial charge on any atom is -0.479 e. The lowest BCUT2D eigenvalue weighted by atomic mass is 10.1. The van der Waals surface area contributed by atoms with Gasteiger partial charge in [-0.2, -0.15) is 0 Å². The minimum atomic E-state index is -0.304. The Morgan fingerprint density at radius 1 is 1.33 bits per heavy atom. The van der Waals surface area contributed by atoms with Gasteiger partial charge in [-0.05, 0) is 31.0 Å². The van der Waals surface area contributed by atoms with Crippen LogP contribution in [0.1, 0.15) is 29.6 Å². The van der Waals surface area contributed by atoms with E-state index in [-0.39, 0.29) is 17.7 Å². The first-order valence-corrected chi connectivity index (χ1v) is 7.88. The van der Waals surface area contributed by atoms with Crippen LogP contribution < -0.4 is 15.0 Å². The summed E-state index contributed by atoms with van der Waals surface area (Å²) >= 11 is 0. The summed E-state index contributed by atoms with van der Waals surface area (Å²) in [5.41, 5.74) is 1.79. The predicted octanol–water partition coefficient (Wildman–Crippen LogP) is 2.20. The second-order valence-electron chi connectivity index (χ2n) is 5.73. The normalized spacial score (nSPS) is 14.6. The fourth-order valence-electron chi connectivity index (χ4n) is 2.80. The molecule has 24 heavy (non-hydrogen) atoms. The highest BCUT2D eigenvalue weighted by Gasteiger charge is 2.20. The number of nitrogens with one attached hydrogen (secondary N) is 1. The number of carbonyl (C=O) groups is 2. The standard InChI is InChI=1S/C17H20N4O3/c1-20-11-14(17(19-20)24-2)16(23)18-12-6-5-7-13(10-12)21-9-4-3-8-15(21)22/h5-7,10-11H,3-4,8-9H2,1-2H3,(H,18,23). The Morgan fingerprint density at radius 3 is 2.92 bits per heavy atom. The first-order chi connectivity index (χ1) is 11.6. The van der Waals surface area contributed by atoms with Crippen molar-refractivity contribution >= 4 is 23.2 Å². The maximum atomic E-state index is 12.4. The van der Waals surface area contributed by atoms with E-state index in [1.54, 1.807) is 24.2 Å². The number of ether oxygens (including phenoxy) is 1. The van der Waals surface area contributed by atoms with Crippen molar-refractivity contribution in [1.82, 2.24) is 9.78 Å². The molecule has 1 fully saturated rings. The van der Waals surface area contributed by atoms with E-state index < -0.39 is 0 Å². The number of methoxy groups -OCH3 is 1. The van der Waals surface area contributed by atoms with Crippen LogP contribution in [-0.2, 0) is 11.8 Å². The van der Waals surface area contributed by atoms with Crippen molar-refractivity contribution in [2.24, 2.45) is 7.05 Å². The van der Waals surface area contributed by atoms with Crippen molar-refractivity contribution in [2.75, 3.05) is 23.9 Å². The van der Waals surface area contributed by atoms with Crippen LogP contribution in [0.5, 0.6) is 5.88 Å². The average molecular weight is 328 g/mol. The van der Waals surface area contributed by atoms with Crippen LogP contribution in [-0.4, -0.2) is 35.2 Å². The molecule has 126 valence electrons. The summed E-state index contributed by atoms with van der Waals surface area (Å²) in [4.78, 5) is 26.2. The van der Waals surface area contributed by atoms with Crippen LogP contribution in [0.15, 0.2) is 30.5 Å². The molecule has 0 atom stereocenters. The maximum absolute atomic E-state index is 12.4. The molecule has 1 aromatic carbocycles. The molecular weight excluding hydrogens is 308 g/mol. The van der Waals surface area contributed by atoms with Gasteiger partial charge in [0.2, 0.25) is 11.8 Å². The van der Waals surface area contributed by atoms with Gasteiger partial charge in [0.15, 0.2) is 0 Å². The van der Waals surface area contributed by atoms with E-state index in [0.717, 1.165) is 18.5 Å². The van der Waals surface area contributed by atoms with Gasteiger partial charge in [-0.15, -0.1) is 5.10 Å². The highest BCUT2D eigenvalue weighted by atomic mass is 16.5. The lowest BCUT2D eigenvalue weighted by molar-refractivity contribution is -0.119. The maximum Gasteiger partial charge on any atom is 0.262 e. The smallest absolute Gasteiger partial charge is 0.262 e. The molecule has 1 N–H and O–H groups in total.